The summed E-state index contributed by atoms with van der Waals surface area (Å²) in [6.45, 7) is 0.542. The fraction of sp³-hybridized carbons (Fsp3) is 0.909. The van der Waals surface area contributed by atoms with Crippen LogP contribution in [0.1, 0.15) is 89.9 Å². The largest absolute Gasteiger partial charge is 0.465 e. The minimum atomic E-state index is -1.08. The molecule has 0 N–H and O–H groups in total. The molecule has 0 aromatic heterocycles. The zero-order valence-electron chi connectivity index (χ0n) is 16.8. The Morgan fingerprint density at radius 3 is 1.93 bits per heavy atom. The van der Waals surface area contributed by atoms with Crippen molar-refractivity contribution in [2.75, 3.05) is 7.11 Å². The Bertz CT molecular complexity index is 473. The molecule has 3 aliphatic rings. The van der Waals surface area contributed by atoms with Crippen molar-refractivity contribution in [1.29, 1.82) is 0 Å². The molecule has 3 fully saturated rings. The average molecular weight is 381 g/mol. The van der Waals surface area contributed by atoms with Crippen LogP contribution >= 0.6 is 0 Å². The van der Waals surface area contributed by atoms with Crippen LogP contribution in [0.15, 0.2) is 0 Å². The normalized spacial score (nSPS) is 30.4. The summed E-state index contributed by atoms with van der Waals surface area (Å²) in [7, 11) is 1.66. The molecule has 1 unspecified atom stereocenters. The smallest absolute Gasteiger partial charge is 0.293 e. The highest BCUT2D eigenvalue weighted by atomic mass is 16.7. The fourth-order valence-corrected chi connectivity index (χ4v) is 5.42. The molecule has 0 amide bonds. The van der Waals surface area contributed by atoms with Gasteiger partial charge in [-0.05, 0) is 51.4 Å². The number of hydrogen-bond donors (Lipinski definition) is 0. The Kier molecular flexibility index (Phi) is 7.71. The van der Waals surface area contributed by atoms with Gasteiger partial charge in [-0.2, -0.15) is 0 Å². The Morgan fingerprint density at radius 1 is 0.815 bits per heavy atom. The first-order valence-electron chi connectivity index (χ1n) is 11.1. The maximum absolute atomic E-state index is 13.7. The lowest BCUT2D eigenvalue weighted by atomic mass is 9.75. The van der Waals surface area contributed by atoms with Gasteiger partial charge in [0.2, 0.25) is 5.79 Å². The molecule has 0 aliphatic heterocycles. The number of hydrogen-bond acceptors (Lipinski definition) is 5. The second-order valence-corrected chi connectivity index (χ2v) is 8.65. The van der Waals surface area contributed by atoms with Gasteiger partial charge in [0.1, 0.15) is 6.10 Å². The van der Waals surface area contributed by atoms with Gasteiger partial charge in [0.05, 0.1) is 6.10 Å². The van der Waals surface area contributed by atoms with Gasteiger partial charge in [-0.1, -0.05) is 38.5 Å². The van der Waals surface area contributed by atoms with Crippen molar-refractivity contribution in [1.82, 2.24) is 0 Å². The minimum absolute atomic E-state index is 0.00548. The monoisotopic (exact) mass is 380 g/mol. The highest BCUT2D eigenvalue weighted by Gasteiger charge is 2.51. The number of ketones is 1. The SMILES string of the molecule is COC(OC1CCC(OC=O)CC1)(C(=O)C1CCCCC1)C1CCCCC1. The second-order valence-electron chi connectivity index (χ2n) is 8.65. The van der Waals surface area contributed by atoms with Crippen molar-refractivity contribution >= 4 is 12.3 Å². The third kappa shape index (κ3) is 4.92. The van der Waals surface area contributed by atoms with Crippen LogP contribution in [-0.2, 0) is 23.8 Å². The first-order valence-corrected chi connectivity index (χ1v) is 11.1. The molecule has 0 bridgehead atoms. The summed E-state index contributed by atoms with van der Waals surface area (Å²) in [5.41, 5.74) is 0. The van der Waals surface area contributed by atoms with E-state index in [4.69, 9.17) is 14.2 Å². The highest BCUT2D eigenvalue weighted by molar-refractivity contribution is 5.88. The first kappa shape index (κ1) is 20.8. The van der Waals surface area contributed by atoms with E-state index in [1.54, 1.807) is 7.11 Å². The fourth-order valence-electron chi connectivity index (χ4n) is 5.42. The summed E-state index contributed by atoms with van der Waals surface area (Å²) in [6, 6.07) is 0. The van der Waals surface area contributed by atoms with Crippen molar-refractivity contribution in [3.8, 4) is 0 Å². The molecule has 0 spiro atoms. The number of carbonyl (C=O) groups excluding carboxylic acids is 2. The van der Waals surface area contributed by atoms with Gasteiger partial charge < -0.3 is 14.2 Å². The zero-order valence-corrected chi connectivity index (χ0v) is 16.8. The van der Waals surface area contributed by atoms with Gasteiger partial charge in [-0.15, -0.1) is 0 Å². The predicted octanol–water partition coefficient (Wildman–Crippen LogP) is 4.56. The molecule has 0 heterocycles. The number of methoxy groups -OCH3 is 1. The molecule has 0 aromatic rings. The average Bonchev–Trinajstić information content (AvgIpc) is 2.74. The van der Waals surface area contributed by atoms with Gasteiger partial charge in [-0.3, -0.25) is 9.59 Å². The van der Waals surface area contributed by atoms with Gasteiger partial charge in [-0.25, -0.2) is 0 Å². The van der Waals surface area contributed by atoms with Crippen molar-refractivity contribution < 1.29 is 23.8 Å². The number of carbonyl (C=O) groups is 2. The molecule has 0 saturated heterocycles. The summed E-state index contributed by atoms with van der Waals surface area (Å²) < 4.78 is 17.7. The van der Waals surface area contributed by atoms with Crippen LogP contribution in [0.5, 0.6) is 0 Å². The molecule has 0 radical (unpaired) electrons. The van der Waals surface area contributed by atoms with E-state index in [9.17, 15) is 9.59 Å². The van der Waals surface area contributed by atoms with Crippen LogP contribution in [0.4, 0.5) is 0 Å². The highest BCUT2D eigenvalue weighted by Crippen LogP contribution is 2.42. The molecule has 1 atom stereocenters. The van der Waals surface area contributed by atoms with E-state index >= 15 is 0 Å². The lowest BCUT2D eigenvalue weighted by Crippen LogP contribution is -2.55. The van der Waals surface area contributed by atoms with E-state index in [1.165, 1.54) is 12.8 Å². The molecular weight excluding hydrogens is 344 g/mol. The lowest BCUT2D eigenvalue weighted by Gasteiger charge is -2.45. The van der Waals surface area contributed by atoms with Crippen LogP contribution < -0.4 is 0 Å². The molecule has 5 nitrogen and oxygen atoms in total. The topological polar surface area (TPSA) is 61.8 Å². The quantitative estimate of drug-likeness (QED) is 0.456. The van der Waals surface area contributed by atoms with Crippen LogP contribution in [0, 0.1) is 11.8 Å². The van der Waals surface area contributed by atoms with E-state index in [2.05, 4.69) is 0 Å². The Hall–Kier alpha value is -0.940. The molecular formula is C22H36O5. The number of Topliss-reactive ketones (excluding diaryl/α,β-unsaturated/α-hetero) is 1. The number of ether oxygens (including phenoxy) is 3. The van der Waals surface area contributed by atoms with Gasteiger partial charge >= 0.3 is 0 Å². The summed E-state index contributed by atoms with van der Waals surface area (Å²) in [5.74, 6) is -0.640. The standard InChI is InChI=1S/C22H36O5/c1-25-22(18-10-6-3-7-11-18,21(24)17-8-4-2-5-9-17)27-20-14-12-19(13-15-20)26-16-23/h16-20H,2-15H2,1H3. The predicted molar refractivity (Wildman–Crippen MR) is 102 cm³/mol. The van der Waals surface area contributed by atoms with Crippen LogP contribution in [0.3, 0.4) is 0 Å². The minimum Gasteiger partial charge on any atom is -0.465 e. The zero-order chi connectivity index (χ0) is 19.1. The van der Waals surface area contributed by atoms with E-state index in [0.29, 0.717) is 6.47 Å². The molecule has 3 saturated carbocycles. The van der Waals surface area contributed by atoms with E-state index in [1.807, 2.05) is 0 Å². The van der Waals surface area contributed by atoms with E-state index < -0.39 is 5.79 Å². The first-order chi connectivity index (χ1) is 13.2. The van der Waals surface area contributed by atoms with Crippen LogP contribution in [0.25, 0.3) is 0 Å². The van der Waals surface area contributed by atoms with Crippen molar-refractivity contribution in [3.63, 3.8) is 0 Å². The third-order valence-corrected chi connectivity index (χ3v) is 6.98. The molecule has 3 rings (SSSR count). The summed E-state index contributed by atoms with van der Waals surface area (Å²) in [4.78, 5) is 24.3. The second kappa shape index (κ2) is 10.0. The maximum Gasteiger partial charge on any atom is 0.293 e. The van der Waals surface area contributed by atoms with Gasteiger partial charge in [0, 0.05) is 18.9 Å². The van der Waals surface area contributed by atoms with Crippen LogP contribution in [0.2, 0.25) is 0 Å². The van der Waals surface area contributed by atoms with Crippen molar-refractivity contribution in [2.45, 2.75) is 108 Å². The molecule has 5 heteroatoms. The molecule has 27 heavy (non-hydrogen) atoms. The Labute approximate surface area is 163 Å². The van der Waals surface area contributed by atoms with Gasteiger partial charge in [0.15, 0.2) is 5.78 Å². The molecule has 3 aliphatic carbocycles. The van der Waals surface area contributed by atoms with Gasteiger partial charge in [0.25, 0.3) is 6.47 Å². The molecule has 154 valence electrons. The Morgan fingerprint density at radius 2 is 1.37 bits per heavy atom. The Balaban J connectivity index is 1.74. The van der Waals surface area contributed by atoms with Crippen molar-refractivity contribution in [2.24, 2.45) is 11.8 Å². The van der Waals surface area contributed by atoms with Crippen molar-refractivity contribution in [3.05, 3.63) is 0 Å². The maximum atomic E-state index is 13.7. The van der Waals surface area contributed by atoms with E-state index in [0.717, 1.165) is 77.0 Å². The third-order valence-electron chi connectivity index (χ3n) is 6.98. The molecule has 0 aromatic carbocycles. The van der Waals surface area contributed by atoms with E-state index in [-0.39, 0.29) is 29.8 Å². The van der Waals surface area contributed by atoms with Crippen LogP contribution in [-0.4, -0.2) is 37.4 Å². The summed E-state index contributed by atoms with van der Waals surface area (Å²) >= 11 is 0. The lowest BCUT2D eigenvalue weighted by molar-refractivity contribution is -0.271. The summed E-state index contributed by atoms with van der Waals surface area (Å²) in [6.07, 6.45) is 14.2. The summed E-state index contributed by atoms with van der Waals surface area (Å²) in [5, 5.41) is 0. The number of rotatable bonds is 8.